The molecule has 0 bridgehead atoms. The van der Waals surface area contributed by atoms with Crippen LogP contribution in [0.3, 0.4) is 0 Å². The Labute approximate surface area is 115 Å². The van der Waals surface area contributed by atoms with Crippen LogP contribution in [0.2, 0.25) is 0 Å². The summed E-state index contributed by atoms with van der Waals surface area (Å²) in [6, 6.07) is 3.17. The minimum Gasteiger partial charge on any atom is -0.398 e. The molecule has 100 valence electrons. The maximum atomic E-state index is 12.3. The molecule has 0 aliphatic carbocycles. The van der Waals surface area contributed by atoms with Crippen molar-refractivity contribution >= 4 is 31.6 Å². The number of aryl methyl sites for hydroxylation is 1. The highest BCUT2D eigenvalue weighted by molar-refractivity contribution is 9.10. The maximum absolute atomic E-state index is 12.3. The number of anilines is 1. The lowest BCUT2D eigenvalue weighted by molar-refractivity contribution is 0.117. The van der Waals surface area contributed by atoms with E-state index in [0.717, 1.165) is 0 Å². The molecule has 0 amide bonds. The van der Waals surface area contributed by atoms with Crippen molar-refractivity contribution in [2.45, 2.75) is 11.8 Å². The number of hydrogen-bond acceptors (Lipinski definition) is 4. The van der Waals surface area contributed by atoms with E-state index in [-0.39, 0.29) is 17.4 Å². The third-order valence-corrected chi connectivity index (χ3v) is 5.75. The van der Waals surface area contributed by atoms with Gasteiger partial charge in [-0.1, -0.05) is 0 Å². The second kappa shape index (κ2) is 4.80. The average Bonchev–Trinajstić information content (AvgIpc) is 2.21. The molecule has 0 atom stereocenters. The van der Waals surface area contributed by atoms with E-state index in [9.17, 15) is 8.42 Å². The highest BCUT2D eigenvalue weighted by Gasteiger charge is 2.37. The van der Waals surface area contributed by atoms with Crippen LogP contribution in [0.5, 0.6) is 0 Å². The van der Waals surface area contributed by atoms with E-state index in [1.165, 1.54) is 10.4 Å². The predicted molar refractivity (Wildman–Crippen MR) is 72.6 cm³/mol. The van der Waals surface area contributed by atoms with Crippen molar-refractivity contribution < 1.29 is 13.5 Å². The zero-order chi connectivity index (χ0) is 13.5. The number of hydrogen-bond donors (Lipinski definition) is 2. The van der Waals surface area contributed by atoms with Crippen LogP contribution in [0.4, 0.5) is 5.69 Å². The van der Waals surface area contributed by atoms with Crippen molar-refractivity contribution in [2.75, 3.05) is 25.4 Å². The second-order valence-corrected chi connectivity index (χ2v) is 7.27. The van der Waals surface area contributed by atoms with Gasteiger partial charge in [0, 0.05) is 35.8 Å². The molecule has 0 unspecified atom stereocenters. The number of nitrogen functional groups attached to an aromatic ring is 1. The second-order valence-electron chi connectivity index (χ2n) is 4.51. The van der Waals surface area contributed by atoms with Gasteiger partial charge in [-0.2, -0.15) is 4.31 Å². The molecule has 5 nitrogen and oxygen atoms in total. The van der Waals surface area contributed by atoms with Gasteiger partial charge in [0.1, 0.15) is 0 Å². The molecule has 1 aliphatic heterocycles. The summed E-state index contributed by atoms with van der Waals surface area (Å²) in [5.41, 5.74) is 6.79. The Bertz CT molecular complexity index is 568. The van der Waals surface area contributed by atoms with Crippen LogP contribution in [0.15, 0.2) is 21.5 Å². The summed E-state index contributed by atoms with van der Waals surface area (Å²) in [5, 5.41) is 8.93. The van der Waals surface area contributed by atoms with E-state index < -0.39 is 10.0 Å². The van der Waals surface area contributed by atoms with E-state index in [0.29, 0.717) is 28.8 Å². The fraction of sp³-hybridized carbons (Fsp3) is 0.455. The zero-order valence-electron chi connectivity index (χ0n) is 9.93. The maximum Gasteiger partial charge on any atom is 0.243 e. The third kappa shape index (κ3) is 2.27. The molecule has 18 heavy (non-hydrogen) atoms. The van der Waals surface area contributed by atoms with Crippen molar-refractivity contribution in [3.8, 4) is 0 Å². The van der Waals surface area contributed by atoms with Crippen LogP contribution >= 0.6 is 15.9 Å². The molecule has 3 N–H and O–H groups in total. The molecule has 1 fully saturated rings. The Morgan fingerprint density at radius 1 is 1.50 bits per heavy atom. The molecule has 0 radical (unpaired) electrons. The van der Waals surface area contributed by atoms with Crippen LogP contribution in [0.1, 0.15) is 5.56 Å². The standard InChI is InChI=1S/C11H15BrN2O3S/c1-7-2-9(12)10(13)3-11(7)18(16,17)14-4-8(5-14)6-15/h2-3,8,15H,4-6,13H2,1H3. The average molecular weight is 335 g/mol. The lowest BCUT2D eigenvalue weighted by atomic mass is 10.1. The fourth-order valence-electron chi connectivity index (χ4n) is 1.92. The summed E-state index contributed by atoms with van der Waals surface area (Å²) in [6.45, 7) is 2.50. The number of aliphatic hydroxyl groups excluding tert-OH is 1. The summed E-state index contributed by atoms with van der Waals surface area (Å²) >= 11 is 3.27. The zero-order valence-corrected chi connectivity index (χ0v) is 12.3. The predicted octanol–water partition coefficient (Wildman–Crippen LogP) is 0.953. The van der Waals surface area contributed by atoms with Crippen LogP contribution in [-0.4, -0.2) is 37.5 Å². The van der Waals surface area contributed by atoms with Crippen LogP contribution in [0, 0.1) is 12.8 Å². The Morgan fingerprint density at radius 2 is 2.11 bits per heavy atom. The van der Waals surface area contributed by atoms with Gasteiger partial charge in [0.15, 0.2) is 0 Å². The van der Waals surface area contributed by atoms with Crippen molar-refractivity contribution in [3.63, 3.8) is 0 Å². The molecular formula is C11H15BrN2O3S. The Kier molecular flexibility index (Phi) is 3.68. The molecule has 2 rings (SSSR count). The number of halogens is 1. The molecule has 1 saturated heterocycles. The summed E-state index contributed by atoms with van der Waals surface area (Å²) in [5.74, 6) is 0.0490. The van der Waals surface area contributed by atoms with Gasteiger partial charge >= 0.3 is 0 Å². The summed E-state index contributed by atoms with van der Waals surface area (Å²) < 4.78 is 26.7. The Balaban J connectivity index is 2.34. The Morgan fingerprint density at radius 3 is 2.67 bits per heavy atom. The molecule has 0 aromatic heterocycles. The van der Waals surface area contributed by atoms with Gasteiger partial charge in [0.2, 0.25) is 10.0 Å². The first-order valence-electron chi connectivity index (χ1n) is 5.53. The molecule has 1 aromatic rings. The molecule has 1 aromatic carbocycles. The van der Waals surface area contributed by atoms with Gasteiger partial charge in [-0.05, 0) is 40.5 Å². The minimum absolute atomic E-state index is 0.0213. The molecule has 0 spiro atoms. The van der Waals surface area contributed by atoms with Gasteiger partial charge < -0.3 is 10.8 Å². The molecule has 0 saturated carbocycles. The van der Waals surface area contributed by atoms with Gasteiger partial charge in [-0.25, -0.2) is 8.42 Å². The normalized spacial score (nSPS) is 17.7. The van der Waals surface area contributed by atoms with Crippen LogP contribution in [0.25, 0.3) is 0 Å². The Hall–Kier alpha value is -0.630. The molecule has 1 heterocycles. The topological polar surface area (TPSA) is 83.6 Å². The van der Waals surface area contributed by atoms with Crippen molar-refractivity contribution in [3.05, 3.63) is 22.2 Å². The quantitative estimate of drug-likeness (QED) is 0.806. The van der Waals surface area contributed by atoms with Crippen molar-refractivity contribution in [2.24, 2.45) is 5.92 Å². The lowest BCUT2D eigenvalue weighted by Gasteiger charge is -2.37. The molecular weight excluding hydrogens is 320 g/mol. The number of nitrogens with two attached hydrogens (primary N) is 1. The van der Waals surface area contributed by atoms with E-state index in [4.69, 9.17) is 10.8 Å². The number of aliphatic hydroxyl groups is 1. The monoisotopic (exact) mass is 334 g/mol. The van der Waals surface area contributed by atoms with Crippen LogP contribution < -0.4 is 5.73 Å². The number of sulfonamides is 1. The van der Waals surface area contributed by atoms with Crippen molar-refractivity contribution in [1.29, 1.82) is 0 Å². The fourth-order valence-corrected chi connectivity index (χ4v) is 4.21. The SMILES string of the molecule is Cc1cc(Br)c(N)cc1S(=O)(=O)N1CC(CO)C1. The summed E-state index contributed by atoms with van der Waals surface area (Å²) in [4.78, 5) is 0.236. The van der Waals surface area contributed by atoms with Gasteiger partial charge in [0.25, 0.3) is 0 Å². The van der Waals surface area contributed by atoms with E-state index >= 15 is 0 Å². The van der Waals surface area contributed by atoms with Gasteiger partial charge in [-0.3, -0.25) is 0 Å². The van der Waals surface area contributed by atoms with Gasteiger partial charge in [-0.15, -0.1) is 0 Å². The van der Waals surface area contributed by atoms with E-state index in [1.807, 2.05) is 0 Å². The molecule has 1 aliphatic rings. The first-order chi connectivity index (χ1) is 8.36. The largest absolute Gasteiger partial charge is 0.398 e. The summed E-state index contributed by atoms with van der Waals surface area (Å²) in [7, 11) is -3.49. The van der Waals surface area contributed by atoms with Crippen LogP contribution in [-0.2, 0) is 10.0 Å². The minimum atomic E-state index is -3.49. The highest BCUT2D eigenvalue weighted by atomic mass is 79.9. The van der Waals surface area contributed by atoms with E-state index in [2.05, 4.69) is 15.9 Å². The third-order valence-electron chi connectivity index (χ3n) is 3.09. The van der Waals surface area contributed by atoms with Crippen molar-refractivity contribution in [1.82, 2.24) is 4.31 Å². The number of nitrogens with zero attached hydrogens (tertiary/aromatic N) is 1. The van der Waals surface area contributed by atoms with E-state index in [1.54, 1.807) is 13.0 Å². The highest BCUT2D eigenvalue weighted by Crippen LogP contribution is 2.31. The van der Waals surface area contributed by atoms with Gasteiger partial charge in [0.05, 0.1) is 4.90 Å². The number of rotatable bonds is 3. The first-order valence-corrected chi connectivity index (χ1v) is 7.76. The lowest BCUT2D eigenvalue weighted by Crippen LogP contribution is -2.51. The first kappa shape index (κ1) is 13.8. The molecule has 7 heteroatoms. The summed E-state index contributed by atoms with van der Waals surface area (Å²) in [6.07, 6.45) is 0. The smallest absolute Gasteiger partial charge is 0.243 e. The number of benzene rings is 1.